The number of ketones is 1. The highest BCUT2D eigenvalue weighted by Crippen LogP contribution is 2.20. The fraction of sp³-hybridized carbons (Fsp3) is 0.615. The third kappa shape index (κ3) is 3.45. The predicted molar refractivity (Wildman–Crippen MR) is 66.5 cm³/mol. The molecule has 1 aromatic rings. The minimum atomic E-state index is 0.261. The number of aryl methyl sites for hydroxylation is 1. The van der Waals surface area contributed by atoms with Crippen molar-refractivity contribution in [2.75, 3.05) is 0 Å². The van der Waals surface area contributed by atoms with Gasteiger partial charge >= 0.3 is 0 Å². The van der Waals surface area contributed by atoms with Crippen molar-refractivity contribution in [2.45, 2.75) is 46.5 Å². The molecule has 0 N–H and O–H groups in total. The van der Waals surface area contributed by atoms with Crippen LogP contribution in [0, 0.1) is 5.92 Å². The van der Waals surface area contributed by atoms with Gasteiger partial charge in [0.15, 0.2) is 0 Å². The second-order valence-electron chi connectivity index (χ2n) is 3.88. The average Bonchev–Trinajstić information content (AvgIpc) is 2.67. The van der Waals surface area contributed by atoms with E-state index in [9.17, 15) is 4.79 Å². The first-order chi connectivity index (χ1) is 7.21. The van der Waals surface area contributed by atoms with Crippen molar-refractivity contribution in [2.24, 2.45) is 5.92 Å². The van der Waals surface area contributed by atoms with Crippen LogP contribution in [0.1, 0.15) is 43.4 Å². The van der Waals surface area contributed by atoms with Gasteiger partial charge in [0.1, 0.15) is 5.78 Å². The number of carbonyl (C=O) groups excluding carboxylic acids is 1. The summed E-state index contributed by atoms with van der Waals surface area (Å²) >= 11 is 1.78. The van der Waals surface area contributed by atoms with E-state index in [0.717, 1.165) is 19.3 Å². The molecule has 0 aliphatic rings. The first-order valence-electron chi connectivity index (χ1n) is 5.81. The summed E-state index contributed by atoms with van der Waals surface area (Å²) in [5.74, 6) is 0.668. The fourth-order valence-corrected chi connectivity index (χ4v) is 2.74. The van der Waals surface area contributed by atoms with E-state index in [2.05, 4.69) is 32.9 Å². The van der Waals surface area contributed by atoms with Crippen LogP contribution >= 0.6 is 11.3 Å². The standard InChI is InChI=1S/C13H20OS/c1-4-10(5-2)13(14)9-12-8-7-11(6-3)15-12/h7-8,10H,4-6,9H2,1-3H3. The SMILES string of the molecule is CCc1ccc(CC(=O)C(CC)CC)s1. The number of hydrogen-bond donors (Lipinski definition) is 0. The minimum Gasteiger partial charge on any atom is -0.299 e. The zero-order valence-corrected chi connectivity index (χ0v) is 10.7. The Kier molecular flexibility index (Phi) is 5.03. The molecular weight excluding hydrogens is 204 g/mol. The zero-order valence-electron chi connectivity index (χ0n) is 9.88. The van der Waals surface area contributed by atoms with Crippen LogP contribution in [0.2, 0.25) is 0 Å². The number of Topliss-reactive ketones (excluding diaryl/α,β-unsaturated/α-hetero) is 1. The van der Waals surface area contributed by atoms with Gasteiger partial charge < -0.3 is 0 Å². The molecular formula is C13H20OS. The first kappa shape index (κ1) is 12.4. The number of rotatable bonds is 6. The Morgan fingerprint density at radius 1 is 1.20 bits per heavy atom. The molecule has 15 heavy (non-hydrogen) atoms. The number of carbonyl (C=O) groups is 1. The largest absolute Gasteiger partial charge is 0.299 e. The van der Waals surface area contributed by atoms with E-state index in [1.54, 1.807) is 11.3 Å². The Hall–Kier alpha value is -0.630. The monoisotopic (exact) mass is 224 g/mol. The quantitative estimate of drug-likeness (QED) is 0.717. The molecule has 0 aromatic carbocycles. The molecule has 0 aliphatic carbocycles. The molecule has 0 atom stereocenters. The summed E-state index contributed by atoms with van der Waals surface area (Å²) in [6, 6.07) is 4.24. The number of hydrogen-bond acceptors (Lipinski definition) is 2. The van der Waals surface area contributed by atoms with Gasteiger partial charge in [0, 0.05) is 22.1 Å². The van der Waals surface area contributed by atoms with Crippen LogP contribution in [0.4, 0.5) is 0 Å². The van der Waals surface area contributed by atoms with E-state index in [1.165, 1.54) is 9.75 Å². The third-order valence-electron chi connectivity index (χ3n) is 2.86. The first-order valence-corrected chi connectivity index (χ1v) is 6.63. The molecule has 84 valence electrons. The molecule has 0 saturated heterocycles. The molecule has 0 amide bonds. The summed E-state index contributed by atoms with van der Waals surface area (Å²) < 4.78 is 0. The van der Waals surface area contributed by atoms with Crippen LogP contribution in [-0.2, 0) is 17.6 Å². The predicted octanol–water partition coefficient (Wildman–Crippen LogP) is 3.86. The van der Waals surface area contributed by atoms with Gasteiger partial charge in [-0.1, -0.05) is 20.8 Å². The summed E-state index contributed by atoms with van der Waals surface area (Å²) in [6.07, 6.45) is 3.66. The van der Waals surface area contributed by atoms with E-state index in [4.69, 9.17) is 0 Å². The van der Waals surface area contributed by atoms with Gasteiger partial charge in [-0.05, 0) is 31.4 Å². The molecule has 1 aromatic heterocycles. The number of thiophene rings is 1. The van der Waals surface area contributed by atoms with Gasteiger partial charge in [0.2, 0.25) is 0 Å². The Bertz CT molecular complexity index is 310. The van der Waals surface area contributed by atoms with Crippen molar-refractivity contribution >= 4 is 17.1 Å². The van der Waals surface area contributed by atoms with Crippen LogP contribution in [0.25, 0.3) is 0 Å². The maximum Gasteiger partial charge on any atom is 0.141 e. The van der Waals surface area contributed by atoms with Crippen molar-refractivity contribution in [3.05, 3.63) is 21.9 Å². The van der Waals surface area contributed by atoms with Crippen LogP contribution < -0.4 is 0 Å². The van der Waals surface area contributed by atoms with Gasteiger partial charge in [0.05, 0.1) is 0 Å². The van der Waals surface area contributed by atoms with Crippen molar-refractivity contribution in [3.8, 4) is 0 Å². The Labute approximate surface area is 96.5 Å². The van der Waals surface area contributed by atoms with Gasteiger partial charge in [-0.15, -0.1) is 11.3 Å². The van der Waals surface area contributed by atoms with E-state index in [0.29, 0.717) is 12.2 Å². The lowest BCUT2D eigenvalue weighted by Gasteiger charge is -2.09. The van der Waals surface area contributed by atoms with Gasteiger partial charge in [-0.3, -0.25) is 4.79 Å². The molecule has 0 bridgehead atoms. The van der Waals surface area contributed by atoms with Crippen LogP contribution in [-0.4, -0.2) is 5.78 Å². The molecule has 1 heterocycles. The molecule has 0 aliphatic heterocycles. The normalized spacial score (nSPS) is 10.9. The van der Waals surface area contributed by atoms with E-state index < -0.39 is 0 Å². The molecule has 0 fully saturated rings. The van der Waals surface area contributed by atoms with E-state index in [1.807, 2.05) is 0 Å². The molecule has 1 nitrogen and oxygen atoms in total. The molecule has 0 radical (unpaired) electrons. The topological polar surface area (TPSA) is 17.1 Å². The van der Waals surface area contributed by atoms with Crippen molar-refractivity contribution in [1.82, 2.24) is 0 Å². The second kappa shape index (κ2) is 6.06. The fourth-order valence-electron chi connectivity index (χ4n) is 1.77. The molecule has 0 saturated carbocycles. The zero-order chi connectivity index (χ0) is 11.3. The lowest BCUT2D eigenvalue weighted by atomic mass is 9.96. The minimum absolute atomic E-state index is 0.261. The van der Waals surface area contributed by atoms with Crippen LogP contribution in [0.15, 0.2) is 12.1 Å². The second-order valence-corrected chi connectivity index (χ2v) is 5.13. The summed E-state index contributed by atoms with van der Waals surface area (Å²) in [5.41, 5.74) is 0. The van der Waals surface area contributed by atoms with Crippen molar-refractivity contribution in [1.29, 1.82) is 0 Å². The highest BCUT2D eigenvalue weighted by atomic mass is 32.1. The van der Waals surface area contributed by atoms with Gasteiger partial charge in [-0.25, -0.2) is 0 Å². The Morgan fingerprint density at radius 2 is 1.80 bits per heavy atom. The molecule has 2 heteroatoms. The smallest absolute Gasteiger partial charge is 0.141 e. The lowest BCUT2D eigenvalue weighted by Crippen LogP contribution is -2.14. The molecule has 0 spiro atoms. The highest BCUT2D eigenvalue weighted by Gasteiger charge is 2.15. The summed E-state index contributed by atoms with van der Waals surface area (Å²) in [7, 11) is 0. The van der Waals surface area contributed by atoms with E-state index >= 15 is 0 Å². The maximum absolute atomic E-state index is 11.9. The summed E-state index contributed by atoms with van der Waals surface area (Å²) in [4.78, 5) is 14.5. The van der Waals surface area contributed by atoms with Crippen molar-refractivity contribution in [3.63, 3.8) is 0 Å². The van der Waals surface area contributed by atoms with Crippen LogP contribution in [0.3, 0.4) is 0 Å². The van der Waals surface area contributed by atoms with Gasteiger partial charge in [-0.2, -0.15) is 0 Å². The van der Waals surface area contributed by atoms with Crippen LogP contribution in [0.5, 0.6) is 0 Å². The van der Waals surface area contributed by atoms with Crippen molar-refractivity contribution < 1.29 is 4.79 Å². The summed E-state index contributed by atoms with van der Waals surface area (Å²) in [5, 5.41) is 0. The van der Waals surface area contributed by atoms with Gasteiger partial charge in [0.25, 0.3) is 0 Å². The highest BCUT2D eigenvalue weighted by molar-refractivity contribution is 7.12. The Balaban J connectivity index is 2.57. The Morgan fingerprint density at radius 3 is 2.27 bits per heavy atom. The lowest BCUT2D eigenvalue weighted by molar-refractivity contribution is -0.122. The van der Waals surface area contributed by atoms with E-state index in [-0.39, 0.29) is 5.92 Å². The summed E-state index contributed by atoms with van der Waals surface area (Å²) in [6.45, 7) is 6.34. The average molecular weight is 224 g/mol. The third-order valence-corrected chi connectivity index (χ3v) is 4.08. The maximum atomic E-state index is 11.9. The molecule has 1 rings (SSSR count). The molecule has 0 unspecified atom stereocenters.